The van der Waals surface area contributed by atoms with Crippen LogP contribution in [0.15, 0.2) is 17.1 Å². The fourth-order valence-electron chi connectivity index (χ4n) is 1.76. The summed E-state index contributed by atoms with van der Waals surface area (Å²) in [5.74, 6) is 0.290. The summed E-state index contributed by atoms with van der Waals surface area (Å²) in [6.45, 7) is -0.0190. The summed E-state index contributed by atoms with van der Waals surface area (Å²) < 4.78 is 11.7. The van der Waals surface area contributed by atoms with E-state index in [0.29, 0.717) is 6.42 Å². The van der Waals surface area contributed by atoms with E-state index in [1.54, 1.807) is 12.3 Å². The minimum absolute atomic E-state index is 0.0190. The molecule has 1 aliphatic heterocycles. The zero-order valence-corrected chi connectivity index (χ0v) is 9.00. The summed E-state index contributed by atoms with van der Waals surface area (Å²) in [5, 5.41) is 8.93. The van der Waals surface area contributed by atoms with Crippen LogP contribution in [-0.4, -0.2) is 34.5 Å². The van der Waals surface area contributed by atoms with Crippen LogP contribution in [0.3, 0.4) is 0 Å². The lowest BCUT2D eigenvalue weighted by Crippen LogP contribution is -2.27. The molecular formula is C10H14N2O4. The lowest BCUT2D eigenvalue weighted by Gasteiger charge is -2.14. The fraction of sp³-hybridized carbons (Fsp3) is 0.600. The van der Waals surface area contributed by atoms with Crippen molar-refractivity contribution in [3.05, 3.63) is 22.7 Å². The lowest BCUT2D eigenvalue weighted by atomic mass is 10.2. The molecule has 16 heavy (non-hydrogen) atoms. The maximum absolute atomic E-state index is 11.6. The second-order valence-electron chi connectivity index (χ2n) is 3.63. The van der Waals surface area contributed by atoms with Crippen LogP contribution < -0.4 is 10.4 Å². The van der Waals surface area contributed by atoms with E-state index in [1.165, 1.54) is 11.7 Å². The van der Waals surface area contributed by atoms with Crippen LogP contribution in [0.1, 0.15) is 19.1 Å². The molecule has 0 saturated carbocycles. The van der Waals surface area contributed by atoms with Gasteiger partial charge in [-0.25, -0.2) is 4.79 Å². The van der Waals surface area contributed by atoms with Gasteiger partial charge < -0.3 is 14.6 Å². The standard InChI is InChI=1S/C10H14N2O4/c1-15-8-4-5-12(10(14)11-8)9-3-2-7(6-13)16-9/h4-5,7,9,13H,2-3,6H2,1H3. The highest BCUT2D eigenvalue weighted by Gasteiger charge is 2.26. The number of aliphatic hydroxyl groups is 1. The van der Waals surface area contributed by atoms with E-state index in [1.807, 2.05) is 0 Å². The van der Waals surface area contributed by atoms with Gasteiger partial charge in [0.15, 0.2) is 0 Å². The van der Waals surface area contributed by atoms with Gasteiger partial charge in [0.1, 0.15) is 6.23 Å². The summed E-state index contributed by atoms with van der Waals surface area (Å²) >= 11 is 0. The van der Waals surface area contributed by atoms with Crippen LogP contribution in [0.4, 0.5) is 0 Å². The summed E-state index contributed by atoms with van der Waals surface area (Å²) in [6, 6.07) is 1.61. The van der Waals surface area contributed by atoms with Crippen molar-refractivity contribution in [3.8, 4) is 5.88 Å². The molecule has 0 bridgehead atoms. The Kier molecular flexibility index (Phi) is 3.21. The Morgan fingerprint density at radius 2 is 2.50 bits per heavy atom. The SMILES string of the molecule is COc1ccn(C2CCC(CO)O2)c(=O)n1. The molecule has 88 valence electrons. The van der Waals surface area contributed by atoms with Gasteiger partial charge in [-0.05, 0) is 12.8 Å². The van der Waals surface area contributed by atoms with Gasteiger partial charge in [0.2, 0.25) is 5.88 Å². The molecule has 1 fully saturated rings. The average Bonchev–Trinajstić information content (AvgIpc) is 2.77. The summed E-state index contributed by atoms with van der Waals surface area (Å²) in [7, 11) is 1.46. The van der Waals surface area contributed by atoms with Crippen LogP contribution in [0, 0.1) is 0 Å². The second-order valence-corrected chi connectivity index (χ2v) is 3.63. The second kappa shape index (κ2) is 4.63. The van der Waals surface area contributed by atoms with Crippen LogP contribution in [0.2, 0.25) is 0 Å². The molecular weight excluding hydrogens is 212 g/mol. The maximum Gasteiger partial charge on any atom is 0.352 e. The minimum Gasteiger partial charge on any atom is -0.481 e. The predicted octanol–water partition coefficient (Wildman–Crippen LogP) is -0.0782. The molecule has 0 aliphatic carbocycles. The molecule has 2 heterocycles. The van der Waals surface area contributed by atoms with E-state index in [4.69, 9.17) is 14.6 Å². The Hall–Kier alpha value is -1.40. The highest BCUT2D eigenvalue weighted by atomic mass is 16.5. The van der Waals surface area contributed by atoms with Crippen LogP contribution >= 0.6 is 0 Å². The van der Waals surface area contributed by atoms with Gasteiger partial charge >= 0.3 is 5.69 Å². The monoisotopic (exact) mass is 226 g/mol. The van der Waals surface area contributed by atoms with Crippen molar-refractivity contribution in [1.29, 1.82) is 0 Å². The summed E-state index contributed by atoms with van der Waals surface area (Å²) in [6.07, 6.45) is 2.54. The van der Waals surface area contributed by atoms with E-state index >= 15 is 0 Å². The van der Waals surface area contributed by atoms with Crippen molar-refractivity contribution < 1.29 is 14.6 Å². The van der Waals surface area contributed by atoms with Gasteiger partial charge in [0.05, 0.1) is 19.8 Å². The van der Waals surface area contributed by atoms with Gasteiger partial charge in [0, 0.05) is 12.3 Å². The highest BCUT2D eigenvalue weighted by molar-refractivity contribution is 5.05. The maximum atomic E-state index is 11.6. The van der Waals surface area contributed by atoms with Crippen molar-refractivity contribution in [2.24, 2.45) is 0 Å². The van der Waals surface area contributed by atoms with Gasteiger partial charge in [-0.1, -0.05) is 0 Å². The van der Waals surface area contributed by atoms with Crippen molar-refractivity contribution in [1.82, 2.24) is 9.55 Å². The molecule has 1 saturated heterocycles. The third-order valence-electron chi connectivity index (χ3n) is 2.61. The van der Waals surface area contributed by atoms with Crippen LogP contribution in [0.5, 0.6) is 5.88 Å². The number of nitrogens with zero attached hydrogens (tertiary/aromatic N) is 2. The first kappa shape index (κ1) is 11.1. The molecule has 1 aromatic heterocycles. The van der Waals surface area contributed by atoms with E-state index in [0.717, 1.165) is 6.42 Å². The number of rotatable bonds is 3. The molecule has 1 aliphatic rings. The summed E-state index contributed by atoms with van der Waals surface area (Å²) in [4.78, 5) is 15.3. The molecule has 6 nitrogen and oxygen atoms in total. The Morgan fingerprint density at radius 3 is 3.06 bits per heavy atom. The number of aromatic nitrogens is 2. The smallest absolute Gasteiger partial charge is 0.352 e. The van der Waals surface area contributed by atoms with Crippen molar-refractivity contribution in [3.63, 3.8) is 0 Å². The third-order valence-corrected chi connectivity index (χ3v) is 2.61. The van der Waals surface area contributed by atoms with E-state index in [2.05, 4.69) is 4.98 Å². The van der Waals surface area contributed by atoms with E-state index < -0.39 is 5.69 Å². The molecule has 2 rings (SSSR count). The topological polar surface area (TPSA) is 73.6 Å². The quantitative estimate of drug-likeness (QED) is 0.780. The number of aliphatic hydroxyl groups excluding tert-OH is 1. The first-order valence-electron chi connectivity index (χ1n) is 5.14. The van der Waals surface area contributed by atoms with Crippen LogP contribution in [-0.2, 0) is 4.74 Å². The zero-order valence-electron chi connectivity index (χ0n) is 9.00. The molecule has 0 spiro atoms. The number of hydrogen-bond donors (Lipinski definition) is 1. The first-order chi connectivity index (χ1) is 7.74. The number of methoxy groups -OCH3 is 1. The minimum atomic E-state index is -0.400. The van der Waals surface area contributed by atoms with Gasteiger partial charge in [-0.2, -0.15) is 4.98 Å². The van der Waals surface area contributed by atoms with Crippen molar-refractivity contribution in [2.45, 2.75) is 25.2 Å². The van der Waals surface area contributed by atoms with Gasteiger partial charge in [0.25, 0.3) is 0 Å². The van der Waals surface area contributed by atoms with Gasteiger partial charge in [-0.15, -0.1) is 0 Å². The largest absolute Gasteiger partial charge is 0.481 e. The highest BCUT2D eigenvalue weighted by Crippen LogP contribution is 2.26. The Balaban J connectivity index is 2.19. The Morgan fingerprint density at radius 1 is 1.69 bits per heavy atom. The molecule has 2 atom stereocenters. The molecule has 0 amide bonds. The van der Waals surface area contributed by atoms with Crippen LogP contribution in [0.25, 0.3) is 0 Å². The Labute approximate surface area is 92.4 Å². The zero-order chi connectivity index (χ0) is 11.5. The van der Waals surface area contributed by atoms with Gasteiger partial charge in [-0.3, -0.25) is 4.57 Å². The summed E-state index contributed by atoms with van der Waals surface area (Å²) in [5.41, 5.74) is -0.400. The third kappa shape index (κ3) is 2.07. The molecule has 1 N–H and O–H groups in total. The van der Waals surface area contributed by atoms with Crippen molar-refractivity contribution in [2.75, 3.05) is 13.7 Å². The number of hydrogen-bond acceptors (Lipinski definition) is 5. The molecule has 6 heteroatoms. The molecule has 1 aromatic rings. The van der Waals surface area contributed by atoms with E-state index in [-0.39, 0.29) is 24.8 Å². The first-order valence-corrected chi connectivity index (χ1v) is 5.14. The molecule has 0 radical (unpaired) electrons. The molecule has 0 aromatic carbocycles. The Bertz CT molecular complexity index is 418. The molecule has 2 unspecified atom stereocenters. The lowest BCUT2D eigenvalue weighted by molar-refractivity contribution is -0.0246. The predicted molar refractivity (Wildman–Crippen MR) is 55.3 cm³/mol. The number of ether oxygens (including phenoxy) is 2. The van der Waals surface area contributed by atoms with Crippen molar-refractivity contribution >= 4 is 0 Å². The van der Waals surface area contributed by atoms with E-state index in [9.17, 15) is 4.79 Å². The average molecular weight is 226 g/mol. The fourth-order valence-corrected chi connectivity index (χ4v) is 1.76. The normalized spacial score (nSPS) is 24.6.